The number of carbonyl (C=O) groups is 1. The van der Waals surface area contributed by atoms with E-state index in [1.54, 1.807) is 23.1 Å². The van der Waals surface area contributed by atoms with E-state index in [9.17, 15) is 9.18 Å². The zero-order valence-corrected chi connectivity index (χ0v) is 14.1. The molecule has 0 aliphatic carbocycles. The van der Waals surface area contributed by atoms with Crippen LogP contribution in [0.2, 0.25) is 0 Å². The van der Waals surface area contributed by atoms with Gasteiger partial charge in [-0.05, 0) is 46.1 Å². The number of nitrogens with zero attached hydrogens (tertiary/aromatic N) is 1. The van der Waals surface area contributed by atoms with Gasteiger partial charge in [-0.3, -0.25) is 4.79 Å². The van der Waals surface area contributed by atoms with Crippen molar-refractivity contribution in [2.45, 2.75) is 19.2 Å². The predicted octanol–water partition coefficient (Wildman–Crippen LogP) is 4.21. The van der Waals surface area contributed by atoms with Crippen molar-refractivity contribution in [1.29, 1.82) is 0 Å². The van der Waals surface area contributed by atoms with Gasteiger partial charge in [0.15, 0.2) is 0 Å². The maximum absolute atomic E-state index is 13.3. The summed E-state index contributed by atoms with van der Waals surface area (Å²) in [5, 5.41) is 0. The molecule has 1 fully saturated rings. The first-order valence-electron chi connectivity index (χ1n) is 7.53. The van der Waals surface area contributed by atoms with E-state index in [2.05, 4.69) is 15.9 Å². The highest BCUT2D eigenvalue weighted by atomic mass is 79.9. The third-order valence-electron chi connectivity index (χ3n) is 3.84. The smallest absolute Gasteiger partial charge is 0.255 e. The Balaban J connectivity index is 1.67. The van der Waals surface area contributed by atoms with Crippen molar-refractivity contribution in [2.24, 2.45) is 0 Å². The largest absolute Gasteiger partial charge is 0.489 e. The molecule has 0 saturated carbocycles. The highest BCUT2D eigenvalue weighted by Crippen LogP contribution is 2.26. The molecule has 1 aliphatic rings. The van der Waals surface area contributed by atoms with E-state index in [-0.39, 0.29) is 12.5 Å². The first kappa shape index (κ1) is 16.0. The monoisotopic (exact) mass is 377 g/mol. The molecule has 1 aliphatic heterocycles. The maximum Gasteiger partial charge on any atom is 0.255 e. The van der Waals surface area contributed by atoms with Crippen LogP contribution in [0.3, 0.4) is 0 Å². The van der Waals surface area contributed by atoms with Gasteiger partial charge < -0.3 is 9.64 Å². The van der Waals surface area contributed by atoms with Crippen LogP contribution in [0.5, 0.6) is 5.75 Å². The lowest BCUT2D eigenvalue weighted by atomic mass is 10.2. The molecule has 1 heterocycles. The van der Waals surface area contributed by atoms with Gasteiger partial charge in [0, 0.05) is 11.0 Å². The Labute approximate surface area is 143 Å². The second-order valence-corrected chi connectivity index (χ2v) is 6.41. The van der Waals surface area contributed by atoms with Crippen LogP contribution >= 0.6 is 15.9 Å². The van der Waals surface area contributed by atoms with Gasteiger partial charge in [0.2, 0.25) is 0 Å². The maximum atomic E-state index is 13.3. The van der Waals surface area contributed by atoms with Crippen molar-refractivity contribution >= 4 is 21.8 Å². The van der Waals surface area contributed by atoms with Crippen molar-refractivity contribution in [1.82, 2.24) is 4.90 Å². The van der Waals surface area contributed by atoms with Crippen LogP contribution in [0.25, 0.3) is 0 Å². The van der Waals surface area contributed by atoms with Gasteiger partial charge in [-0.15, -0.1) is 0 Å². The van der Waals surface area contributed by atoms with Gasteiger partial charge in [-0.2, -0.15) is 0 Å². The van der Waals surface area contributed by atoms with Crippen LogP contribution in [0.15, 0.2) is 53.0 Å². The lowest BCUT2D eigenvalue weighted by Crippen LogP contribution is -2.29. The van der Waals surface area contributed by atoms with Crippen LogP contribution in [0, 0.1) is 0 Å². The number of alkyl halides is 1. The first-order chi connectivity index (χ1) is 11.1. The van der Waals surface area contributed by atoms with E-state index in [0.717, 1.165) is 5.56 Å². The number of ether oxygens (including phenoxy) is 1. The number of halogens is 2. The van der Waals surface area contributed by atoms with Gasteiger partial charge in [0.1, 0.15) is 18.5 Å². The third-order valence-corrected chi connectivity index (χ3v) is 4.49. The van der Waals surface area contributed by atoms with E-state index in [0.29, 0.717) is 35.4 Å². The second kappa shape index (κ2) is 7.13. The molecule has 2 aromatic carbocycles. The Morgan fingerprint density at radius 2 is 2.04 bits per heavy atom. The molecule has 0 aromatic heterocycles. The Morgan fingerprint density at radius 3 is 2.70 bits per heavy atom. The molecule has 0 spiro atoms. The van der Waals surface area contributed by atoms with Crippen molar-refractivity contribution in [3.05, 3.63) is 64.1 Å². The third kappa shape index (κ3) is 3.91. The molecule has 2 aromatic rings. The summed E-state index contributed by atoms with van der Waals surface area (Å²) in [7, 11) is 0. The number of hydrogen-bond donors (Lipinski definition) is 0. The summed E-state index contributed by atoms with van der Waals surface area (Å²) in [6.07, 6.45) is -0.493. The Hall–Kier alpha value is -1.88. The standard InChI is InChI=1S/C18H17BrFNO2/c19-17-10-15(23-12-13-4-2-1-3-5-13)6-7-16(17)18(22)21-9-8-14(20)11-21/h1-7,10,14H,8-9,11-12H2/t14-/m1/s1. The topological polar surface area (TPSA) is 29.5 Å². The van der Waals surface area contributed by atoms with Crippen LogP contribution in [0.4, 0.5) is 4.39 Å². The molecule has 3 nitrogen and oxygen atoms in total. The zero-order valence-electron chi connectivity index (χ0n) is 12.5. The van der Waals surface area contributed by atoms with Gasteiger partial charge in [-0.1, -0.05) is 30.3 Å². The highest BCUT2D eigenvalue weighted by molar-refractivity contribution is 9.10. The van der Waals surface area contributed by atoms with E-state index < -0.39 is 6.17 Å². The lowest BCUT2D eigenvalue weighted by Gasteiger charge is -2.16. The normalized spacial score (nSPS) is 17.3. The van der Waals surface area contributed by atoms with E-state index in [4.69, 9.17) is 4.74 Å². The average Bonchev–Trinajstić information content (AvgIpc) is 3.00. The Bertz CT molecular complexity index is 693. The fraction of sp³-hybridized carbons (Fsp3) is 0.278. The molecule has 0 unspecified atom stereocenters. The molecule has 0 bridgehead atoms. The lowest BCUT2D eigenvalue weighted by molar-refractivity contribution is 0.0782. The number of benzene rings is 2. The second-order valence-electron chi connectivity index (χ2n) is 5.55. The van der Waals surface area contributed by atoms with Crippen LogP contribution in [-0.2, 0) is 6.61 Å². The molecule has 1 amide bonds. The summed E-state index contributed by atoms with van der Waals surface area (Å²) in [4.78, 5) is 13.9. The molecular formula is C18H17BrFNO2. The molecule has 120 valence electrons. The van der Waals surface area contributed by atoms with Crippen molar-refractivity contribution in [2.75, 3.05) is 13.1 Å². The van der Waals surface area contributed by atoms with Crippen LogP contribution in [0.1, 0.15) is 22.3 Å². The minimum Gasteiger partial charge on any atom is -0.489 e. The number of rotatable bonds is 4. The molecule has 0 radical (unpaired) electrons. The molecule has 23 heavy (non-hydrogen) atoms. The summed E-state index contributed by atoms with van der Waals surface area (Å²) in [6.45, 7) is 1.12. The van der Waals surface area contributed by atoms with Crippen molar-refractivity contribution < 1.29 is 13.9 Å². The number of amides is 1. The molecule has 1 atom stereocenters. The SMILES string of the molecule is O=C(c1ccc(OCc2ccccc2)cc1Br)N1CC[C@@H](F)C1. The Morgan fingerprint density at radius 1 is 1.26 bits per heavy atom. The molecule has 3 rings (SSSR count). The van der Waals surface area contributed by atoms with Gasteiger partial charge >= 0.3 is 0 Å². The molecule has 1 saturated heterocycles. The molecule has 0 N–H and O–H groups in total. The predicted molar refractivity (Wildman–Crippen MR) is 90.3 cm³/mol. The number of hydrogen-bond acceptors (Lipinski definition) is 2. The quantitative estimate of drug-likeness (QED) is 0.798. The van der Waals surface area contributed by atoms with Gasteiger partial charge in [-0.25, -0.2) is 4.39 Å². The van der Waals surface area contributed by atoms with Crippen LogP contribution < -0.4 is 4.74 Å². The zero-order chi connectivity index (χ0) is 16.2. The summed E-state index contributed by atoms with van der Waals surface area (Å²) >= 11 is 3.41. The molecule has 5 heteroatoms. The fourth-order valence-corrected chi connectivity index (χ4v) is 3.10. The number of likely N-dealkylation sites (tertiary alicyclic amines) is 1. The Kier molecular flexibility index (Phi) is 4.96. The number of carbonyl (C=O) groups excluding carboxylic acids is 1. The van der Waals surface area contributed by atoms with Crippen molar-refractivity contribution in [3.63, 3.8) is 0 Å². The van der Waals surface area contributed by atoms with Crippen LogP contribution in [-0.4, -0.2) is 30.1 Å². The summed E-state index contributed by atoms with van der Waals surface area (Å²) in [5.41, 5.74) is 1.61. The van der Waals surface area contributed by atoms with Crippen molar-refractivity contribution in [3.8, 4) is 5.75 Å². The summed E-state index contributed by atoms with van der Waals surface area (Å²) in [5.74, 6) is 0.536. The minimum absolute atomic E-state index is 0.147. The fourth-order valence-electron chi connectivity index (χ4n) is 2.57. The molecular weight excluding hydrogens is 361 g/mol. The minimum atomic E-state index is -0.911. The highest BCUT2D eigenvalue weighted by Gasteiger charge is 2.27. The van der Waals surface area contributed by atoms with Gasteiger partial charge in [0.25, 0.3) is 5.91 Å². The van der Waals surface area contributed by atoms with E-state index in [1.807, 2.05) is 30.3 Å². The summed E-state index contributed by atoms with van der Waals surface area (Å²) in [6, 6.07) is 15.1. The van der Waals surface area contributed by atoms with E-state index in [1.165, 1.54) is 0 Å². The average molecular weight is 378 g/mol. The summed E-state index contributed by atoms with van der Waals surface area (Å²) < 4.78 is 19.6. The van der Waals surface area contributed by atoms with E-state index >= 15 is 0 Å². The first-order valence-corrected chi connectivity index (χ1v) is 8.32. The van der Waals surface area contributed by atoms with Gasteiger partial charge in [0.05, 0.1) is 12.1 Å².